The fourth-order valence-electron chi connectivity index (χ4n) is 4.23. The second-order valence-electron chi connectivity index (χ2n) is 9.36. The van der Waals surface area contributed by atoms with E-state index in [1.165, 1.54) is 5.06 Å². The lowest BCUT2D eigenvalue weighted by Gasteiger charge is -2.34. The maximum Gasteiger partial charge on any atom is 0.227 e. The van der Waals surface area contributed by atoms with Gasteiger partial charge in [0.15, 0.2) is 5.82 Å². The van der Waals surface area contributed by atoms with Crippen molar-refractivity contribution in [3.05, 3.63) is 36.4 Å². The number of benzene rings is 1. The van der Waals surface area contributed by atoms with Gasteiger partial charge in [-0.2, -0.15) is 4.98 Å². The Kier molecular flexibility index (Phi) is 9.27. The summed E-state index contributed by atoms with van der Waals surface area (Å²) in [5, 5.41) is 11.6. The van der Waals surface area contributed by atoms with E-state index in [-0.39, 0.29) is 6.10 Å². The third-order valence-electron chi connectivity index (χ3n) is 6.31. The summed E-state index contributed by atoms with van der Waals surface area (Å²) >= 11 is 0. The van der Waals surface area contributed by atoms with Crippen LogP contribution in [-0.4, -0.2) is 58.4 Å². The molecule has 1 aliphatic rings. The molecular formula is C26H40N6O2. The molecule has 0 bridgehead atoms. The zero-order valence-corrected chi connectivity index (χ0v) is 20.8. The number of hydrogen-bond acceptors (Lipinski definition) is 8. The minimum absolute atomic E-state index is 0.0832. The first kappa shape index (κ1) is 25.9. The second-order valence-corrected chi connectivity index (χ2v) is 9.36. The fourth-order valence-corrected chi connectivity index (χ4v) is 4.23. The number of unbranched alkanes of at least 4 members (excludes halogenated alkanes) is 2. The van der Waals surface area contributed by atoms with E-state index in [1.54, 1.807) is 0 Å². The number of nitrogens with two attached hydrogens (primary N) is 2. The lowest BCUT2D eigenvalue weighted by Crippen LogP contribution is -2.42. The maximum atomic E-state index is 10.3. The predicted molar refractivity (Wildman–Crippen MR) is 139 cm³/mol. The molecule has 8 nitrogen and oxygen atoms in total. The van der Waals surface area contributed by atoms with Crippen molar-refractivity contribution >= 4 is 17.1 Å². The molecule has 5 N–H and O–H groups in total. The Hall–Kier alpha value is -2.68. The average Bonchev–Trinajstić information content (AvgIpc) is 2.81. The number of ether oxygens (including phenoxy) is 1. The fraction of sp³-hybridized carbons (Fsp3) is 0.538. The summed E-state index contributed by atoms with van der Waals surface area (Å²) in [6.45, 7) is 13.6. The highest BCUT2D eigenvalue weighted by atomic mass is 16.5. The van der Waals surface area contributed by atoms with Gasteiger partial charge in [0.05, 0.1) is 11.3 Å². The molecule has 1 fully saturated rings. The predicted octanol–water partition coefficient (Wildman–Crippen LogP) is 4.34. The van der Waals surface area contributed by atoms with Gasteiger partial charge in [0.1, 0.15) is 11.9 Å². The first-order valence-electron chi connectivity index (χ1n) is 12.3. The molecule has 1 aromatic heterocycles. The van der Waals surface area contributed by atoms with Crippen LogP contribution in [-0.2, 0) is 0 Å². The molecule has 0 aliphatic carbocycles. The van der Waals surface area contributed by atoms with Gasteiger partial charge in [-0.1, -0.05) is 13.0 Å². The van der Waals surface area contributed by atoms with Crippen LogP contribution < -0.4 is 21.3 Å². The maximum absolute atomic E-state index is 10.3. The Bertz CT molecular complexity index is 939. The van der Waals surface area contributed by atoms with Crippen molar-refractivity contribution in [2.75, 3.05) is 37.0 Å². The molecular weight excluding hydrogens is 428 g/mol. The number of anilines is 2. The Morgan fingerprint density at radius 3 is 2.44 bits per heavy atom. The first-order chi connectivity index (χ1) is 16.3. The van der Waals surface area contributed by atoms with Crippen LogP contribution in [0, 0.1) is 0 Å². The zero-order chi connectivity index (χ0) is 24.7. The van der Waals surface area contributed by atoms with Gasteiger partial charge in [-0.25, -0.2) is 4.98 Å². The second kappa shape index (κ2) is 12.1. The van der Waals surface area contributed by atoms with Crippen molar-refractivity contribution in [1.82, 2.24) is 14.9 Å². The molecule has 0 amide bonds. The van der Waals surface area contributed by atoms with Crippen LogP contribution in [0.3, 0.4) is 0 Å². The topological polar surface area (TPSA) is 114 Å². The number of hydrogen-bond donors (Lipinski definition) is 3. The van der Waals surface area contributed by atoms with E-state index in [0.29, 0.717) is 42.2 Å². The third kappa shape index (κ3) is 6.68. The van der Waals surface area contributed by atoms with E-state index in [2.05, 4.69) is 30.3 Å². The summed E-state index contributed by atoms with van der Waals surface area (Å²) in [4.78, 5) is 11.7. The quantitative estimate of drug-likeness (QED) is 0.330. The number of aromatic nitrogens is 2. The SMILES string of the molecule is C=C(C)c1c(N)nc(-c2ccc(N(O)CCCCCN)cc2)nc1OC1CCN(C(C)C)CC1. The van der Waals surface area contributed by atoms with Crippen LogP contribution in [0.15, 0.2) is 30.8 Å². The summed E-state index contributed by atoms with van der Waals surface area (Å²) in [5.41, 5.74) is 14.8. The standard InChI is InChI=1S/C26H40N6O2/c1-18(2)23-24(28)29-25(30-26(23)34-22-12-16-31(17-13-22)19(3)4)20-8-10-21(11-9-20)32(33)15-7-5-6-14-27/h8-11,19,22,33H,1,5-7,12-17,27H2,2-4H3,(H2,28,29,30). The lowest BCUT2D eigenvalue weighted by molar-refractivity contribution is 0.0811. The zero-order valence-electron chi connectivity index (χ0n) is 20.8. The van der Waals surface area contributed by atoms with Gasteiger partial charge >= 0.3 is 0 Å². The molecule has 186 valence electrons. The van der Waals surface area contributed by atoms with Crippen LogP contribution >= 0.6 is 0 Å². The molecule has 2 aromatic rings. The van der Waals surface area contributed by atoms with Crippen molar-refractivity contribution in [2.45, 2.75) is 65.0 Å². The molecule has 3 rings (SSSR count). The number of nitrogens with zero attached hydrogens (tertiary/aromatic N) is 4. The number of rotatable bonds is 11. The van der Waals surface area contributed by atoms with E-state index < -0.39 is 0 Å². The van der Waals surface area contributed by atoms with Gasteiger partial charge in [0.25, 0.3) is 0 Å². The van der Waals surface area contributed by atoms with Crippen LogP contribution in [0.5, 0.6) is 5.88 Å². The third-order valence-corrected chi connectivity index (χ3v) is 6.31. The number of hydroxylamine groups is 1. The number of allylic oxidation sites excluding steroid dienone is 1. The summed E-state index contributed by atoms with van der Waals surface area (Å²) < 4.78 is 6.37. The number of piperidine rings is 1. The molecule has 34 heavy (non-hydrogen) atoms. The van der Waals surface area contributed by atoms with Crippen LogP contribution in [0.25, 0.3) is 17.0 Å². The molecule has 0 unspecified atom stereocenters. The molecule has 0 atom stereocenters. The average molecular weight is 469 g/mol. The highest BCUT2D eigenvalue weighted by molar-refractivity contribution is 5.76. The van der Waals surface area contributed by atoms with E-state index in [9.17, 15) is 5.21 Å². The highest BCUT2D eigenvalue weighted by Crippen LogP contribution is 2.33. The molecule has 0 saturated carbocycles. The largest absolute Gasteiger partial charge is 0.474 e. The van der Waals surface area contributed by atoms with E-state index >= 15 is 0 Å². The van der Waals surface area contributed by atoms with Crippen molar-refractivity contribution in [2.24, 2.45) is 5.73 Å². The smallest absolute Gasteiger partial charge is 0.227 e. The Morgan fingerprint density at radius 1 is 1.18 bits per heavy atom. The van der Waals surface area contributed by atoms with Crippen LogP contribution in [0.2, 0.25) is 0 Å². The van der Waals surface area contributed by atoms with Gasteiger partial charge < -0.3 is 21.1 Å². The first-order valence-corrected chi connectivity index (χ1v) is 12.3. The molecule has 8 heteroatoms. The summed E-state index contributed by atoms with van der Waals surface area (Å²) in [6.07, 6.45) is 4.81. The normalized spacial score (nSPS) is 15.0. The van der Waals surface area contributed by atoms with Crippen LogP contribution in [0.1, 0.15) is 58.4 Å². The van der Waals surface area contributed by atoms with E-state index in [4.69, 9.17) is 21.2 Å². The minimum Gasteiger partial charge on any atom is -0.474 e. The molecule has 1 saturated heterocycles. The number of likely N-dealkylation sites (tertiary alicyclic amines) is 1. The molecule has 1 aromatic carbocycles. The number of nitrogen functional groups attached to an aromatic ring is 1. The van der Waals surface area contributed by atoms with Crippen molar-refractivity contribution in [3.63, 3.8) is 0 Å². The van der Waals surface area contributed by atoms with Crippen molar-refractivity contribution in [3.8, 4) is 17.3 Å². The molecule has 2 heterocycles. The lowest BCUT2D eigenvalue weighted by atomic mass is 10.1. The van der Waals surface area contributed by atoms with Gasteiger partial charge in [-0.3, -0.25) is 10.3 Å². The van der Waals surface area contributed by atoms with Crippen molar-refractivity contribution < 1.29 is 9.94 Å². The molecule has 0 radical (unpaired) electrons. The van der Waals surface area contributed by atoms with E-state index in [1.807, 2.05) is 31.2 Å². The Morgan fingerprint density at radius 2 is 1.85 bits per heavy atom. The van der Waals surface area contributed by atoms with Gasteiger partial charge in [0, 0.05) is 31.2 Å². The highest BCUT2D eigenvalue weighted by Gasteiger charge is 2.25. The Labute approximate surface area is 203 Å². The van der Waals surface area contributed by atoms with Gasteiger partial charge in [0.2, 0.25) is 5.88 Å². The summed E-state index contributed by atoms with van der Waals surface area (Å²) in [6, 6.07) is 8.02. The summed E-state index contributed by atoms with van der Waals surface area (Å²) in [5.74, 6) is 1.35. The van der Waals surface area contributed by atoms with Gasteiger partial charge in [-0.05, 0) is 82.8 Å². The molecule has 0 spiro atoms. The molecule has 1 aliphatic heterocycles. The Balaban J connectivity index is 1.76. The van der Waals surface area contributed by atoms with E-state index in [0.717, 1.165) is 62.0 Å². The summed E-state index contributed by atoms with van der Waals surface area (Å²) in [7, 11) is 0. The van der Waals surface area contributed by atoms with Crippen molar-refractivity contribution in [1.29, 1.82) is 0 Å². The van der Waals surface area contributed by atoms with Gasteiger partial charge in [-0.15, -0.1) is 0 Å². The van der Waals surface area contributed by atoms with Crippen LogP contribution in [0.4, 0.5) is 11.5 Å². The monoisotopic (exact) mass is 468 g/mol. The minimum atomic E-state index is 0.0832.